The molecular formula is C32H26FNO3S. The summed E-state index contributed by atoms with van der Waals surface area (Å²) in [6.07, 6.45) is 0.402. The lowest BCUT2D eigenvalue weighted by Crippen LogP contribution is -2.11. The number of hydrogen-bond donors (Lipinski definition) is 1. The first-order chi connectivity index (χ1) is 18.4. The standard InChI is InChI=1S/C32H26FNO3S/c1-22-28(20-24-13-8-9-18-29(24)38(37)27-16-6-3-7-17-27)31(25-14-10-15-26(33)19-25)32(34(22)21-30(35)36)23-11-4-2-5-12-23/h2-19H,20-21H2,1H3,(H,35,36). The van der Waals surface area contributed by atoms with Crippen LogP contribution in [0.3, 0.4) is 0 Å². The van der Waals surface area contributed by atoms with Crippen molar-refractivity contribution in [2.75, 3.05) is 0 Å². The average molecular weight is 524 g/mol. The zero-order valence-electron chi connectivity index (χ0n) is 20.8. The number of halogens is 1. The Morgan fingerprint density at radius 2 is 1.47 bits per heavy atom. The number of carbonyl (C=O) groups is 1. The van der Waals surface area contributed by atoms with Crippen LogP contribution in [-0.4, -0.2) is 19.9 Å². The minimum atomic E-state index is -1.40. The molecule has 0 spiro atoms. The van der Waals surface area contributed by atoms with Crippen molar-refractivity contribution in [3.63, 3.8) is 0 Å². The van der Waals surface area contributed by atoms with E-state index in [0.29, 0.717) is 27.5 Å². The van der Waals surface area contributed by atoms with E-state index in [9.17, 15) is 18.5 Å². The molecule has 1 N–H and O–H groups in total. The Morgan fingerprint density at radius 1 is 0.842 bits per heavy atom. The molecule has 6 heteroatoms. The predicted molar refractivity (Wildman–Crippen MR) is 148 cm³/mol. The second-order valence-corrected chi connectivity index (χ2v) is 10.5. The maximum atomic E-state index is 14.5. The molecule has 5 rings (SSSR count). The van der Waals surface area contributed by atoms with Crippen LogP contribution in [0.2, 0.25) is 0 Å². The highest BCUT2D eigenvalue weighted by Gasteiger charge is 2.25. The third-order valence-electron chi connectivity index (χ3n) is 6.60. The second-order valence-electron chi connectivity index (χ2n) is 9.01. The average Bonchev–Trinajstić information content (AvgIpc) is 3.20. The molecule has 0 saturated carbocycles. The van der Waals surface area contributed by atoms with Gasteiger partial charge in [0.25, 0.3) is 0 Å². The van der Waals surface area contributed by atoms with Crippen molar-refractivity contribution in [3.05, 3.63) is 132 Å². The molecule has 0 radical (unpaired) electrons. The predicted octanol–water partition coefficient (Wildman–Crippen LogP) is 7.11. The van der Waals surface area contributed by atoms with Gasteiger partial charge in [-0.05, 0) is 59.5 Å². The molecule has 190 valence electrons. The van der Waals surface area contributed by atoms with Gasteiger partial charge in [0, 0.05) is 27.5 Å². The van der Waals surface area contributed by atoms with Crippen molar-refractivity contribution in [1.82, 2.24) is 4.57 Å². The first kappa shape index (κ1) is 25.4. The van der Waals surface area contributed by atoms with Crippen LogP contribution in [0.4, 0.5) is 4.39 Å². The molecule has 1 aromatic heterocycles. The van der Waals surface area contributed by atoms with Gasteiger partial charge in [-0.1, -0.05) is 78.9 Å². The van der Waals surface area contributed by atoms with Crippen LogP contribution in [-0.2, 0) is 28.6 Å². The Balaban J connectivity index is 1.75. The Morgan fingerprint density at radius 3 is 2.16 bits per heavy atom. The monoisotopic (exact) mass is 523 g/mol. The summed E-state index contributed by atoms with van der Waals surface area (Å²) in [6, 6.07) is 32.8. The smallest absolute Gasteiger partial charge is 0.323 e. The van der Waals surface area contributed by atoms with Gasteiger partial charge in [0.15, 0.2) is 0 Å². The summed E-state index contributed by atoms with van der Waals surface area (Å²) in [5.74, 6) is -1.34. The molecule has 4 nitrogen and oxygen atoms in total. The molecule has 0 aliphatic heterocycles. The van der Waals surface area contributed by atoms with Crippen LogP contribution in [0.1, 0.15) is 16.8 Å². The van der Waals surface area contributed by atoms with Crippen molar-refractivity contribution in [1.29, 1.82) is 0 Å². The van der Waals surface area contributed by atoms with Crippen molar-refractivity contribution >= 4 is 16.8 Å². The van der Waals surface area contributed by atoms with Crippen LogP contribution >= 0.6 is 0 Å². The Kier molecular flexibility index (Phi) is 7.33. The third kappa shape index (κ3) is 5.08. The van der Waals surface area contributed by atoms with E-state index in [2.05, 4.69) is 0 Å². The van der Waals surface area contributed by atoms with Crippen molar-refractivity contribution in [2.24, 2.45) is 0 Å². The van der Waals surface area contributed by atoms with Crippen LogP contribution < -0.4 is 0 Å². The number of rotatable bonds is 8. The molecular weight excluding hydrogens is 497 g/mol. The highest BCUT2D eigenvalue weighted by atomic mass is 32.2. The fourth-order valence-corrected chi connectivity index (χ4v) is 6.12. The van der Waals surface area contributed by atoms with Crippen molar-refractivity contribution in [3.8, 4) is 22.4 Å². The molecule has 1 heterocycles. The largest absolute Gasteiger partial charge is 0.480 e. The summed E-state index contributed by atoms with van der Waals surface area (Å²) < 4.78 is 29.8. The fraction of sp³-hybridized carbons (Fsp3) is 0.0938. The van der Waals surface area contributed by atoms with E-state index < -0.39 is 16.8 Å². The number of benzene rings is 4. The first-order valence-electron chi connectivity index (χ1n) is 12.2. The van der Waals surface area contributed by atoms with Crippen molar-refractivity contribution in [2.45, 2.75) is 29.7 Å². The van der Waals surface area contributed by atoms with E-state index in [4.69, 9.17) is 0 Å². The quantitative estimate of drug-likeness (QED) is 0.236. The lowest BCUT2D eigenvalue weighted by Gasteiger charge is -2.13. The van der Waals surface area contributed by atoms with E-state index >= 15 is 0 Å². The highest BCUT2D eigenvalue weighted by molar-refractivity contribution is 7.85. The van der Waals surface area contributed by atoms with Gasteiger partial charge < -0.3 is 9.67 Å². The lowest BCUT2D eigenvalue weighted by molar-refractivity contribution is -0.137. The number of nitrogens with zero attached hydrogens (tertiary/aromatic N) is 1. The molecule has 0 amide bonds. The summed E-state index contributed by atoms with van der Waals surface area (Å²) in [5.41, 5.74) is 5.49. The molecule has 1 atom stereocenters. The number of hydrogen-bond acceptors (Lipinski definition) is 2. The number of carboxylic acids is 1. The molecule has 5 aromatic rings. The zero-order chi connectivity index (χ0) is 26.6. The summed E-state index contributed by atoms with van der Waals surface area (Å²) in [5, 5.41) is 9.79. The highest BCUT2D eigenvalue weighted by Crippen LogP contribution is 2.41. The molecule has 4 aromatic carbocycles. The maximum absolute atomic E-state index is 14.5. The van der Waals surface area contributed by atoms with Crippen LogP contribution in [0.25, 0.3) is 22.4 Å². The topological polar surface area (TPSA) is 59.3 Å². The van der Waals surface area contributed by atoms with Gasteiger partial charge in [0.2, 0.25) is 0 Å². The van der Waals surface area contributed by atoms with Gasteiger partial charge in [0.05, 0.1) is 16.5 Å². The van der Waals surface area contributed by atoms with E-state index in [1.165, 1.54) is 12.1 Å². The summed E-state index contributed by atoms with van der Waals surface area (Å²) in [6.45, 7) is 1.65. The van der Waals surface area contributed by atoms with Crippen molar-refractivity contribution < 1.29 is 18.5 Å². The normalized spacial score (nSPS) is 11.8. The van der Waals surface area contributed by atoms with E-state index in [-0.39, 0.29) is 12.4 Å². The number of carboxylic acid groups (broad SMARTS) is 1. The van der Waals surface area contributed by atoms with Gasteiger partial charge in [-0.25, -0.2) is 8.60 Å². The van der Waals surface area contributed by atoms with E-state index in [1.807, 2.05) is 97.9 Å². The molecule has 0 fully saturated rings. The summed E-state index contributed by atoms with van der Waals surface area (Å²) in [4.78, 5) is 13.3. The van der Waals surface area contributed by atoms with E-state index in [1.54, 1.807) is 10.6 Å². The summed E-state index contributed by atoms with van der Waals surface area (Å²) in [7, 11) is -1.40. The number of aliphatic carboxylic acids is 1. The second kappa shape index (κ2) is 11.0. The molecule has 1 unspecified atom stereocenters. The molecule has 38 heavy (non-hydrogen) atoms. The van der Waals surface area contributed by atoms with Gasteiger partial charge in [-0.2, -0.15) is 0 Å². The maximum Gasteiger partial charge on any atom is 0.323 e. The number of aromatic nitrogens is 1. The van der Waals surface area contributed by atoms with Crippen LogP contribution in [0.15, 0.2) is 119 Å². The van der Waals surface area contributed by atoms with E-state index in [0.717, 1.165) is 27.9 Å². The van der Waals surface area contributed by atoms with Crippen LogP contribution in [0.5, 0.6) is 0 Å². The Labute approximate surface area is 223 Å². The van der Waals surface area contributed by atoms with Gasteiger partial charge in [-0.15, -0.1) is 0 Å². The van der Waals surface area contributed by atoms with Gasteiger partial charge in [0.1, 0.15) is 12.4 Å². The Hall–Kier alpha value is -4.29. The first-order valence-corrected chi connectivity index (χ1v) is 13.4. The Bertz CT molecular complexity index is 1630. The fourth-order valence-electron chi connectivity index (χ4n) is 4.88. The molecule has 0 saturated heterocycles. The summed E-state index contributed by atoms with van der Waals surface area (Å²) >= 11 is 0. The van der Waals surface area contributed by atoms with Gasteiger partial charge >= 0.3 is 5.97 Å². The SMILES string of the molecule is Cc1c(Cc2ccccc2S(=O)c2ccccc2)c(-c2cccc(F)c2)c(-c2ccccc2)n1CC(=O)O. The minimum absolute atomic E-state index is 0.240. The van der Waals surface area contributed by atoms with Crippen LogP contribution in [0, 0.1) is 12.7 Å². The third-order valence-corrected chi connectivity index (χ3v) is 8.10. The lowest BCUT2D eigenvalue weighted by atomic mass is 9.93. The molecule has 0 aliphatic carbocycles. The molecule has 0 aliphatic rings. The molecule has 0 bridgehead atoms. The minimum Gasteiger partial charge on any atom is -0.480 e. The van der Waals surface area contributed by atoms with Gasteiger partial charge in [-0.3, -0.25) is 4.79 Å². The zero-order valence-corrected chi connectivity index (χ0v) is 21.6.